The average Bonchev–Trinajstić information content (AvgIpc) is 3.17. The van der Waals surface area contributed by atoms with Gasteiger partial charge in [0.15, 0.2) is 0 Å². The third kappa shape index (κ3) is 3.45. The van der Waals surface area contributed by atoms with Gasteiger partial charge in [0, 0.05) is 31.5 Å². The lowest BCUT2D eigenvalue weighted by Gasteiger charge is -2.18. The van der Waals surface area contributed by atoms with Gasteiger partial charge in [0.25, 0.3) is 0 Å². The molecule has 1 atom stereocenters. The van der Waals surface area contributed by atoms with E-state index in [4.69, 9.17) is 4.74 Å². The van der Waals surface area contributed by atoms with Crippen molar-refractivity contribution < 1.29 is 9.53 Å². The van der Waals surface area contributed by atoms with Crippen molar-refractivity contribution in [3.63, 3.8) is 0 Å². The molecule has 0 radical (unpaired) electrons. The summed E-state index contributed by atoms with van der Waals surface area (Å²) in [6.45, 7) is 2.23. The number of amides is 2. The van der Waals surface area contributed by atoms with E-state index in [1.54, 1.807) is 0 Å². The monoisotopic (exact) mass is 341 g/mol. The molecule has 7 heteroatoms. The highest BCUT2D eigenvalue weighted by Crippen LogP contribution is 2.30. The van der Waals surface area contributed by atoms with Gasteiger partial charge in [0.05, 0.1) is 12.6 Å². The number of urea groups is 1. The van der Waals surface area contributed by atoms with Gasteiger partial charge in [-0.15, -0.1) is 10.2 Å². The molecule has 2 N–H and O–H groups in total. The van der Waals surface area contributed by atoms with E-state index in [0.29, 0.717) is 19.6 Å². The molecule has 7 nitrogen and oxygen atoms in total. The summed E-state index contributed by atoms with van der Waals surface area (Å²) in [5.41, 5.74) is 1.05. The molecule has 0 saturated heterocycles. The SMILES string of the molecule is O=C(NCCc1nnc2n1CCC2)N[C@H]1CCCOc2ccccc21. The molecular formula is C18H23N5O2. The van der Waals surface area contributed by atoms with Crippen LogP contribution in [0, 0.1) is 0 Å². The van der Waals surface area contributed by atoms with Crippen molar-refractivity contribution in [3.8, 4) is 5.75 Å². The van der Waals surface area contributed by atoms with Crippen LogP contribution in [0.3, 0.4) is 0 Å². The molecule has 2 aromatic rings. The zero-order valence-corrected chi connectivity index (χ0v) is 14.2. The molecule has 25 heavy (non-hydrogen) atoms. The minimum absolute atomic E-state index is 0.0176. The number of carbonyl (C=O) groups excluding carboxylic acids is 1. The van der Waals surface area contributed by atoms with E-state index in [9.17, 15) is 4.79 Å². The predicted molar refractivity (Wildman–Crippen MR) is 92.5 cm³/mol. The van der Waals surface area contributed by atoms with Crippen molar-refractivity contribution >= 4 is 6.03 Å². The summed E-state index contributed by atoms with van der Waals surface area (Å²) in [6, 6.07) is 7.74. The maximum atomic E-state index is 12.3. The molecule has 2 amide bonds. The number of aromatic nitrogens is 3. The van der Waals surface area contributed by atoms with Crippen LogP contribution >= 0.6 is 0 Å². The Morgan fingerprint density at radius 1 is 1.28 bits per heavy atom. The highest BCUT2D eigenvalue weighted by Gasteiger charge is 2.21. The number of fused-ring (bicyclic) bond motifs is 2. The van der Waals surface area contributed by atoms with E-state index < -0.39 is 0 Å². The van der Waals surface area contributed by atoms with Crippen molar-refractivity contribution in [2.45, 2.75) is 44.7 Å². The first-order chi connectivity index (χ1) is 12.3. The maximum absolute atomic E-state index is 12.3. The number of nitrogens with one attached hydrogen (secondary N) is 2. The van der Waals surface area contributed by atoms with E-state index in [-0.39, 0.29) is 12.1 Å². The lowest BCUT2D eigenvalue weighted by atomic mass is 10.0. The summed E-state index contributed by atoms with van der Waals surface area (Å²) in [5, 5.41) is 14.4. The highest BCUT2D eigenvalue weighted by molar-refractivity contribution is 5.74. The summed E-state index contributed by atoms with van der Waals surface area (Å²) in [6.07, 6.45) is 4.64. The van der Waals surface area contributed by atoms with Crippen molar-refractivity contribution in [2.75, 3.05) is 13.2 Å². The second-order valence-corrected chi connectivity index (χ2v) is 6.52. The molecule has 0 spiro atoms. The van der Waals surface area contributed by atoms with E-state index in [2.05, 4.69) is 25.4 Å². The molecule has 0 fully saturated rings. The fourth-order valence-electron chi connectivity index (χ4n) is 3.57. The fourth-order valence-corrected chi connectivity index (χ4v) is 3.57. The van der Waals surface area contributed by atoms with Gasteiger partial charge in [-0.3, -0.25) is 0 Å². The summed E-state index contributed by atoms with van der Waals surface area (Å²) < 4.78 is 7.91. The number of rotatable bonds is 4. The molecule has 2 aliphatic heterocycles. The maximum Gasteiger partial charge on any atom is 0.315 e. The Morgan fingerprint density at radius 2 is 2.20 bits per heavy atom. The van der Waals surface area contributed by atoms with Crippen LogP contribution in [0.5, 0.6) is 5.75 Å². The third-order valence-corrected chi connectivity index (χ3v) is 4.81. The molecule has 2 aliphatic rings. The van der Waals surface area contributed by atoms with Crippen LogP contribution in [0.15, 0.2) is 24.3 Å². The zero-order chi connectivity index (χ0) is 17.1. The number of para-hydroxylation sites is 1. The molecule has 0 bridgehead atoms. The topological polar surface area (TPSA) is 81.1 Å². The van der Waals surface area contributed by atoms with E-state index in [1.807, 2.05) is 24.3 Å². The second-order valence-electron chi connectivity index (χ2n) is 6.52. The predicted octanol–water partition coefficient (Wildman–Crippen LogP) is 1.98. The van der Waals surface area contributed by atoms with Crippen molar-refractivity contribution in [1.82, 2.24) is 25.4 Å². The van der Waals surface area contributed by atoms with Gasteiger partial charge in [-0.25, -0.2) is 4.79 Å². The Balaban J connectivity index is 1.31. The number of hydrogen-bond acceptors (Lipinski definition) is 4. The molecule has 3 heterocycles. The van der Waals surface area contributed by atoms with Gasteiger partial charge in [0.1, 0.15) is 17.4 Å². The fraction of sp³-hybridized carbons (Fsp3) is 0.500. The van der Waals surface area contributed by atoms with Crippen LogP contribution in [0.4, 0.5) is 4.79 Å². The van der Waals surface area contributed by atoms with Gasteiger partial charge in [-0.1, -0.05) is 18.2 Å². The van der Waals surface area contributed by atoms with Crippen molar-refractivity contribution in [1.29, 1.82) is 0 Å². The number of carbonyl (C=O) groups is 1. The molecular weight excluding hydrogens is 318 g/mol. The number of ether oxygens (including phenoxy) is 1. The summed E-state index contributed by atoms with van der Waals surface area (Å²) in [7, 11) is 0. The number of nitrogens with zero attached hydrogens (tertiary/aromatic N) is 3. The quantitative estimate of drug-likeness (QED) is 0.891. The molecule has 0 saturated carbocycles. The average molecular weight is 341 g/mol. The largest absolute Gasteiger partial charge is 0.493 e. The Morgan fingerprint density at radius 3 is 3.16 bits per heavy atom. The van der Waals surface area contributed by atoms with Crippen LogP contribution in [-0.4, -0.2) is 33.9 Å². The minimum atomic E-state index is -0.150. The Bertz CT molecular complexity index is 758. The normalized spacial score (nSPS) is 18.6. The van der Waals surface area contributed by atoms with Crippen LogP contribution in [0.1, 0.15) is 42.5 Å². The number of hydrogen-bond donors (Lipinski definition) is 2. The van der Waals surface area contributed by atoms with E-state index in [1.165, 1.54) is 0 Å². The molecule has 1 aromatic carbocycles. The van der Waals surface area contributed by atoms with E-state index in [0.717, 1.165) is 55.2 Å². The molecule has 4 rings (SSSR count). The first kappa shape index (κ1) is 15.9. The smallest absolute Gasteiger partial charge is 0.315 e. The Hall–Kier alpha value is -2.57. The summed E-state index contributed by atoms with van der Waals surface area (Å²) >= 11 is 0. The van der Waals surface area contributed by atoms with Crippen LogP contribution in [0.25, 0.3) is 0 Å². The van der Waals surface area contributed by atoms with Crippen molar-refractivity contribution in [3.05, 3.63) is 41.5 Å². The number of benzene rings is 1. The Labute approximate surface area is 146 Å². The van der Waals surface area contributed by atoms with Crippen LogP contribution in [0.2, 0.25) is 0 Å². The first-order valence-corrected chi connectivity index (χ1v) is 8.98. The number of aryl methyl sites for hydroxylation is 1. The van der Waals surface area contributed by atoms with Gasteiger partial charge in [-0.2, -0.15) is 0 Å². The molecule has 0 unspecified atom stereocenters. The zero-order valence-electron chi connectivity index (χ0n) is 14.2. The van der Waals surface area contributed by atoms with E-state index >= 15 is 0 Å². The third-order valence-electron chi connectivity index (χ3n) is 4.81. The van der Waals surface area contributed by atoms with Gasteiger partial charge < -0.3 is 19.9 Å². The van der Waals surface area contributed by atoms with Crippen molar-refractivity contribution in [2.24, 2.45) is 0 Å². The lowest BCUT2D eigenvalue weighted by molar-refractivity contribution is 0.236. The standard InChI is InChI=1S/C18H23N5O2/c24-18(19-10-9-17-22-21-16-8-3-11-23(16)17)20-14-6-4-12-25-15-7-2-1-5-13(14)15/h1-2,5,7,14H,3-4,6,8-12H2,(H2,19,20,24)/t14-/m0/s1. The summed E-state index contributed by atoms with van der Waals surface area (Å²) in [5.74, 6) is 2.89. The lowest BCUT2D eigenvalue weighted by Crippen LogP contribution is -2.39. The van der Waals surface area contributed by atoms with Gasteiger partial charge >= 0.3 is 6.03 Å². The first-order valence-electron chi connectivity index (χ1n) is 8.98. The van der Waals surface area contributed by atoms with Gasteiger partial charge in [0.2, 0.25) is 0 Å². The minimum Gasteiger partial charge on any atom is -0.493 e. The second kappa shape index (κ2) is 7.13. The molecule has 132 valence electrons. The van der Waals surface area contributed by atoms with Crippen LogP contribution < -0.4 is 15.4 Å². The summed E-state index contributed by atoms with van der Waals surface area (Å²) in [4.78, 5) is 12.3. The Kier molecular flexibility index (Phi) is 4.54. The van der Waals surface area contributed by atoms with Crippen LogP contribution in [-0.2, 0) is 19.4 Å². The molecule has 1 aromatic heterocycles. The molecule has 0 aliphatic carbocycles. The highest BCUT2D eigenvalue weighted by atomic mass is 16.5. The van der Waals surface area contributed by atoms with Gasteiger partial charge in [-0.05, 0) is 25.3 Å².